The van der Waals surface area contributed by atoms with Crippen molar-refractivity contribution in [1.29, 1.82) is 5.26 Å². The molecule has 0 saturated heterocycles. The summed E-state index contributed by atoms with van der Waals surface area (Å²) < 4.78 is 10.4. The average molecular weight is 323 g/mol. The Kier molecular flexibility index (Phi) is 5.81. The molecular formula is C18H17N3O3. The molecule has 0 atom stereocenters. The summed E-state index contributed by atoms with van der Waals surface area (Å²) in [4.78, 5) is 12.1. The predicted octanol–water partition coefficient (Wildman–Crippen LogP) is 3.16. The van der Waals surface area contributed by atoms with E-state index in [1.165, 1.54) is 13.3 Å². The van der Waals surface area contributed by atoms with Crippen LogP contribution >= 0.6 is 0 Å². The molecule has 2 aromatic rings. The number of rotatable bonds is 6. The van der Waals surface area contributed by atoms with Gasteiger partial charge in [0.2, 0.25) is 0 Å². The molecule has 0 saturated carbocycles. The Labute approximate surface area is 140 Å². The van der Waals surface area contributed by atoms with Gasteiger partial charge < -0.3 is 20.1 Å². The van der Waals surface area contributed by atoms with Crippen molar-refractivity contribution in [2.75, 3.05) is 24.9 Å². The molecule has 6 heteroatoms. The lowest BCUT2D eigenvalue weighted by atomic mass is 10.2. The van der Waals surface area contributed by atoms with Crippen molar-refractivity contribution in [2.24, 2.45) is 0 Å². The maximum atomic E-state index is 12.1. The molecule has 0 radical (unpaired) electrons. The van der Waals surface area contributed by atoms with Gasteiger partial charge in [-0.25, -0.2) is 0 Å². The number of nitrogens with zero attached hydrogens (tertiary/aromatic N) is 1. The van der Waals surface area contributed by atoms with Crippen LogP contribution in [-0.2, 0) is 4.79 Å². The molecule has 2 rings (SSSR count). The highest BCUT2D eigenvalue weighted by Gasteiger charge is 2.10. The number of anilines is 2. The highest BCUT2D eigenvalue weighted by atomic mass is 16.5. The number of benzene rings is 2. The second kappa shape index (κ2) is 8.25. The van der Waals surface area contributed by atoms with Gasteiger partial charge in [0.05, 0.1) is 19.9 Å². The summed E-state index contributed by atoms with van der Waals surface area (Å²) in [5, 5.41) is 14.8. The van der Waals surface area contributed by atoms with Gasteiger partial charge in [-0.1, -0.05) is 18.2 Å². The molecule has 0 aliphatic heterocycles. The van der Waals surface area contributed by atoms with E-state index in [9.17, 15) is 10.1 Å². The number of methoxy groups -OCH3 is 2. The van der Waals surface area contributed by atoms with E-state index in [2.05, 4.69) is 10.6 Å². The number of para-hydroxylation sites is 1. The zero-order chi connectivity index (χ0) is 17.4. The molecule has 0 aromatic heterocycles. The Morgan fingerprint density at radius 1 is 1.12 bits per heavy atom. The van der Waals surface area contributed by atoms with Crippen molar-refractivity contribution >= 4 is 17.3 Å². The first-order chi connectivity index (χ1) is 11.7. The number of carbonyl (C=O) groups excluding carboxylic acids is 1. The van der Waals surface area contributed by atoms with E-state index < -0.39 is 5.91 Å². The second-order valence-electron chi connectivity index (χ2n) is 4.70. The SMILES string of the molecule is COc1ccc(N/C=C(\C#N)C(=O)Nc2ccccc2)c(OC)c1. The lowest BCUT2D eigenvalue weighted by Crippen LogP contribution is -2.14. The molecule has 0 spiro atoms. The Hall–Kier alpha value is -3.46. The van der Waals surface area contributed by atoms with Crippen LogP contribution in [-0.4, -0.2) is 20.1 Å². The summed E-state index contributed by atoms with van der Waals surface area (Å²) in [7, 11) is 3.08. The van der Waals surface area contributed by atoms with E-state index >= 15 is 0 Å². The van der Waals surface area contributed by atoms with E-state index in [0.717, 1.165) is 0 Å². The number of ether oxygens (including phenoxy) is 2. The van der Waals surface area contributed by atoms with Crippen molar-refractivity contribution in [3.8, 4) is 17.6 Å². The summed E-state index contributed by atoms with van der Waals surface area (Å²) in [6.45, 7) is 0. The first-order valence-corrected chi connectivity index (χ1v) is 7.13. The van der Waals surface area contributed by atoms with E-state index in [-0.39, 0.29) is 5.57 Å². The van der Waals surface area contributed by atoms with E-state index in [0.29, 0.717) is 22.9 Å². The van der Waals surface area contributed by atoms with Gasteiger partial charge in [-0.05, 0) is 24.3 Å². The van der Waals surface area contributed by atoms with Gasteiger partial charge in [-0.3, -0.25) is 4.79 Å². The van der Waals surface area contributed by atoms with E-state index in [4.69, 9.17) is 9.47 Å². The van der Waals surface area contributed by atoms with Crippen molar-refractivity contribution < 1.29 is 14.3 Å². The molecule has 24 heavy (non-hydrogen) atoms. The molecule has 0 unspecified atom stereocenters. The van der Waals surface area contributed by atoms with Crippen LogP contribution in [0, 0.1) is 11.3 Å². The molecule has 0 fully saturated rings. The molecular weight excluding hydrogens is 306 g/mol. The summed E-state index contributed by atoms with van der Waals surface area (Å²) in [6, 6.07) is 16.0. The van der Waals surface area contributed by atoms with Crippen molar-refractivity contribution in [3.05, 3.63) is 60.3 Å². The molecule has 2 aromatic carbocycles. The number of nitriles is 1. The van der Waals surface area contributed by atoms with Crippen LogP contribution in [0.2, 0.25) is 0 Å². The van der Waals surface area contributed by atoms with E-state index in [1.54, 1.807) is 49.6 Å². The largest absolute Gasteiger partial charge is 0.497 e. The highest BCUT2D eigenvalue weighted by Crippen LogP contribution is 2.29. The third-order valence-electron chi connectivity index (χ3n) is 3.18. The molecule has 0 aliphatic rings. The summed E-state index contributed by atoms with van der Waals surface area (Å²) in [6.07, 6.45) is 1.34. The van der Waals surface area contributed by atoms with Crippen LogP contribution in [0.4, 0.5) is 11.4 Å². The van der Waals surface area contributed by atoms with Crippen LogP contribution in [0.25, 0.3) is 0 Å². The van der Waals surface area contributed by atoms with Gasteiger partial charge >= 0.3 is 0 Å². The zero-order valence-electron chi connectivity index (χ0n) is 13.4. The number of nitrogens with one attached hydrogen (secondary N) is 2. The van der Waals surface area contributed by atoms with Gasteiger partial charge in [0.1, 0.15) is 23.1 Å². The van der Waals surface area contributed by atoms with E-state index in [1.807, 2.05) is 12.1 Å². The first-order valence-electron chi connectivity index (χ1n) is 7.13. The monoisotopic (exact) mass is 323 g/mol. The molecule has 1 amide bonds. The minimum absolute atomic E-state index is 0.0586. The Morgan fingerprint density at radius 2 is 1.88 bits per heavy atom. The van der Waals surface area contributed by atoms with Gasteiger partial charge in [0.15, 0.2) is 0 Å². The summed E-state index contributed by atoms with van der Waals surface area (Å²) >= 11 is 0. The normalized spacial score (nSPS) is 10.5. The third kappa shape index (κ3) is 4.27. The molecule has 0 aliphatic carbocycles. The van der Waals surface area contributed by atoms with Crippen molar-refractivity contribution in [3.63, 3.8) is 0 Å². The quantitative estimate of drug-likeness (QED) is 0.630. The topological polar surface area (TPSA) is 83.4 Å². The average Bonchev–Trinajstić information content (AvgIpc) is 2.63. The molecule has 0 bridgehead atoms. The predicted molar refractivity (Wildman–Crippen MR) is 91.9 cm³/mol. The van der Waals surface area contributed by atoms with Crippen molar-refractivity contribution in [2.45, 2.75) is 0 Å². The maximum Gasteiger partial charge on any atom is 0.267 e. The van der Waals surface area contributed by atoms with Gasteiger partial charge in [0.25, 0.3) is 5.91 Å². The Balaban J connectivity index is 2.14. The number of hydrogen-bond donors (Lipinski definition) is 2. The fourth-order valence-electron chi connectivity index (χ4n) is 1.94. The fourth-order valence-corrected chi connectivity index (χ4v) is 1.94. The molecule has 0 heterocycles. The number of carbonyl (C=O) groups is 1. The smallest absolute Gasteiger partial charge is 0.267 e. The van der Waals surface area contributed by atoms with Crippen LogP contribution in [0.15, 0.2) is 60.3 Å². The zero-order valence-corrected chi connectivity index (χ0v) is 13.4. The molecule has 6 nitrogen and oxygen atoms in total. The van der Waals surface area contributed by atoms with Crippen molar-refractivity contribution in [1.82, 2.24) is 0 Å². The number of amides is 1. The Morgan fingerprint density at radius 3 is 2.50 bits per heavy atom. The van der Waals surface area contributed by atoms with Crippen LogP contribution in [0.1, 0.15) is 0 Å². The highest BCUT2D eigenvalue weighted by molar-refractivity contribution is 6.06. The molecule has 122 valence electrons. The number of hydrogen-bond acceptors (Lipinski definition) is 5. The lowest BCUT2D eigenvalue weighted by Gasteiger charge is -2.10. The van der Waals surface area contributed by atoms with Gasteiger partial charge in [0, 0.05) is 18.0 Å². The van der Waals surface area contributed by atoms with Crippen LogP contribution in [0.3, 0.4) is 0 Å². The maximum absolute atomic E-state index is 12.1. The fraction of sp³-hybridized carbons (Fsp3) is 0.111. The second-order valence-corrected chi connectivity index (χ2v) is 4.70. The summed E-state index contributed by atoms with van der Waals surface area (Å²) in [5.74, 6) is 0.679. The van der Waals surface area contributed by atoms with Crippen LogP contribution < -0.4 is 20.1 Å². The lowest BCUT2D eigenvalue weighted by molar-refractivity contribution is -0.112. The van der Waals surface area contributed by atoms with Gasteiger partial charge in [-0.2, -0.15) is 5.26 Å². The van der Waals surface area contributed by atoms with Gasteiger partial charge in [-0.15, -0.1) is 0 Å². The molecule has 2 N–H and O–H groups in total. The standard InChI is InChI=1S/C18H17N3O3/c1-23-15-8-9-16(17(10-15)24-2)20-12-13(11-19)18(22)21-14-6-4-3-5-7-14/h3-10,12,20H,1-2H3,(H,21,22)/b13-12+. The summed E-state index contributed by atoms with van der Waals surface area (Å²) in [5.41, 5.74) is 1.17. The minimum Gasteiger partial charge on any atom is -0.497 e. The Bertz CT molecular complexity index is 780. The first kappa shape index (κ1) is 16.9. The third-order valence-corrected chi connectivity index (χ3v) is 3.18. The minimum atomic E-state index is -0.497. The van der Waals surface area contributed by atoms with Crippen LogP contribution in [0.5, 0.6) is 11.5 Å².